The first kappa shape index (κ1) is 11.0. The van der Waals surface area contributed by atoms with Gasteiger partial charge in [-0.25, -0.2) is 4.98 Å². The van der Waals surface area contributed by atoms with Crippen molar-refractivity contribution in [2.45, 2.75) is 0 Å². The first-order valence-corrected chi connectivity index (χ1v) is 4.86. The molecular weight excluding hydrogens is 222 g/mol. The maximum absolute atomic E-state index is 5.25. The number of nitrogens with zero attached hydrogens (tertiary/aromatic N) is 6. The van der Waals surface area contributed by atoms with E-state index in [1.165, 1.54) is 17.3 Å². The van der Waals surface area contributed by atoms with Gasteiger partial charge in [0.1, 0.15) is 19.3 Å². The summed E-state index contributed by atoms with van der Waals surface area (Å²) in [4.78, 5) is 16.1. The molecule has 0 bridgehead atoms. The fourth-order valence-corrected chi connectivity index (χ4v) is 1.07. The lowest BCUT2D eigenvalue weighted by molar-refractivity contribution is 0.331. The van der Waals surface area contributed by atoms with Crippen molar-refractivity contribution in [3.8, 4) is 12.0 Å². The van der Waals surface area contributed by atoms with Crippen LogP contribution in [0.5, 0.6) is 6.01 Å². The molecule has 0 atom stereocenters. The number of hydrogen-bond donors (Lipinski definition) is 1. The third kappa shape index (κ3) is 2.54. The smallest absolute Gasteiger partial charge is 0.323 e. The highest BCUT2D eigenvalue weighted by molar-refractivity contribution is 5.28. The van der Waals surface area contributed by atoms with Crippen LogP contribution in [0.2, 0.25) is 0 Å². The summed E-state index contributed by atoms with van der Waals surface area (Å²) in [6, 6.07) is 0.203. The van der Waals surface area contributed by atoms with E-state index in [0.29, 0.717) is 18.5 Å². The molecule has 0 aliphatic heterocycles. The van der Waals surface area contributed by atoms with Crippen molar-refractivity contribution in [3.05, 3.63) is 25.3 Å². The topological polar surface area (TPSA) is 90.6 Å². The second kappa shape index (κ2) is 5.01. The molecule has 0 aromatic carbocycles. The van der Waals surface area contributed by atoms with Crippen molar-refractivity contribution in [1.29, 1.82) is 0 Å². The Hall–Kier alpha value is -2.51. The lowest BCUT2D eigenvalue weighted by Gasteiger charge is -2.05. The van der Waals surface area contributed by atoms with Gasteiger partial charge in [-0.2, -0.15) is 24.7 Å². The molecule has 2 aromatic rings. The maximum atomic E-state index is 5.25. The monoisotopic (exact) mass is 233 g/mol. The van der Waals surface area contributed by atoms with E-state index >= 15 is 0 Å². The normalized spacial score (nSPS) is 9.94. The minimum atomic E-state index is 0.203. The SMILES string of the molecule is C=CCOc1nc(NC)nc(-n2cncn2)n1. The molecule has 8 nitrogen and oxygen atoms in total. The molecule has 0 radical (unpaired) electrons. The van der Waals surface area contributed by atoms with E-state index < -0.39 is 0 Å². The van der Waals surface area contributed by atoms with Crippen LogP contribution < -0.4 is 10.1 Å². The molecule has 17 heavy (non-hydrogen) atoms. The van der Waals surface area contributed by atoms with Crippen LogP contribution in [0.4, 0.5) is 5.95 Å². The molecule has 2 aromatic heterocycles. The summed E-state index contributed by atoms with van der Waals surface area (Å²) in [7, 11) is 1.71. The zero-order valence-corrected chi connectivity index (χ0v) is 9.24. The van der Waals surface area contributed by atoms with Gasteiger partial charge >= 0.3 is 6.01 Å². The Morgan fingerprint density at radius 3 is 3.00 bits per heavy atom. The van der Waals surface area contributed by atoms with Crippen LogP contribution in [-0.4, -0.2) is 43.4 Å². The molecule has 0 saturated carbocycles. The highest BCUT2D eigenvalue weighted by atomic mass is 16.5. The van der Waals surface area contributed by atoms with Gasteiger partial charge in [-0.3, -0.25) is 0 Å². The van der Waals surface area contributed by atoms with Gasteiger partial charge < -0.3 is 10.1 Å². The van der Waals surface area contributed by atoms with Gasteiger partial charge in [0, 0.05) is 7.05 Å². The van der Waals surface area contributed by atoms with Gasteiger partial charge in [-0.15, -0.1) is 0 Å². The molecule has 88 valence electrons. The highest BCUT2D eigenvalue weighted by Gasteiger charge is 2.08. The predicted octanol–water partition coefficient (Wildman–Crippen LogP) is 0.0588. The number of hydrogen-bond acceptors (Lipinski definition) is 7. The van der Waals surface area contributed by atoms with Gasteiger partial charge in [0.2, 0.25) is 5.95 Å². The largest absolute Gasteiger partial charge is 0.459 e. The van der Waals surface area contributed by atoms with Crippen LogP contribution in [0, 0.1) is 0 Å². The summed E-state index contributed by atoms with van der Waals surface area (Å²) in [5.41, 5.74) is 0. The Balaban J connectivity index is 2.35. The minimum Gasteiger partial charge on any atom is -0.459 e. The van der Waals surface area contributed by atoms with Crippen LogP contribution in [0.25, 0.3) is 5.95 Å². The molecule has 0 unspecified atom stereocenters. The van der Waals surface area contributed by atoms with Crippen LogP contribution in [0.3, 0.4) is 0 Å². The van der Waals surface area contributed by atoms with E-state index in [4.69, 9.17) is 4.74 Å². The quantitative estimate of drug-likeness (QED) is 0.730. The first-order chi connectivity index (χ1) is 8.33. The third-order valence-corrected chi connectivity index (χ3v) is 1.78. The van der Waals surface area contributed by atoms with E-state index in [1.54, 1.807) is 13.1 Å². The van der Waals surface area contributed by atoms with Crippen molar-refractivity contribution in [3.63, 3.8) is 0 Å². The minimum absolute atomic E-state index is 0.203. The van der Waals surface area contributed by atoms with Crippen molar-refractivity contribution in [1.82, 2.24) is 29.7 Å². The summed E-state index contributed by atoms with van der Waals surface area (Å²) in [6.45, 7) is 3.87. The van der Waals surface area contributed by atoms with Crippen LogP contribution in [0.15, 0.2) is 25.3 Å². The first-order valence-electron chi connectivity index (χ1n) is 4.86. The van der Waals surface area contributed by atoms with E-state index in [9.17, 15) is 0 Å². The molecule has 0 amide bonds. The molecule has 0 spiro atoms. The van der Waals surface area contributed by atoms with Crippen molar-refractivity contribution >= 4 is 5.95 Å². The number of anilines is 1. The van der Waals surface area contributed by atoms with E-state index in [1.807, 2.05) is 0 Å². The number of aromatic nitrogens is 6. The van der Waals surface area contributed by atoms with Crippen molar-refractivity contribution in [2.75, 3.05) is 19.0 Å². The Bertz CT molecular complexity index is 496. The van der Waals surface area contributed by atoms with Gasteiger partial charge in [-0.05, 0) is 0 Å². The van der Waals surface area contributed by atoms with Gasteiger partial charge in [-0.1, -0.05) is 12.7 Å². The zero-order valence-electron chi connectivity index (χ0n) is 9.24. The van der Waals surface area contributed by atoms with Gasteiger partial charge in [0.25, 0.3) is 5.95 Å². The molecule has 8 heteroatoms. The van der Waals surface area contributed by atoms with E-state index in [0.717, 1.165) is 0 Å². The van der Waals surface area contributed by atoms with E-state index in [-0.39, 0.29) is 6.01 Å². The van der Waals surface area contributed by atoms with Crippen molar-refractivity contribution < 1.29 is 4.74 Å². The van der Waals surface area contributed by atoms with Crippen LogP contribution in [-0.2, 0) is 0 Å². The fourth-order valence-electron chi connectivity index (χ4n) is 1.07. The summed E-state index contributed by atoms with van der Waals surface area (Å²) in [6.07, 6.45) is 4.50. The molecule has 2 heterocycles. The lowest BCUT2D eigenvalue weighted by atomic mass is 10.7. The van der Waals surface area contributed by atoms with Gasteiger partial charge in [0.15, 0.2) is 0 Å². The molecule has 0 aliphatic rings. The number of nitrogens with one attached hydrogen (secondary N) is 1. The molecule has 0 aliphatic carbocycles. The molecule has 0 fully saturated rings. The van der Waals surface area contributed by atoms with Gasteiger partial charge in [0.05, 0.1) is 0 Å². The zero-order chi connectivity index (χ0) is 12.1. The summed E-state index contributed by atoms with van der Waals surface area (Å²) in [5, 5.41) is 6.75. The fraction of sp³-hybridized carbons (Fsp3) is 0.222. The summed E-state index contributed by atoms with van der Waals surface area (Å²) in [5.74, 6) is 0.727. The Morgan fingerprint density at radius 2 is 2.35 bits per heavy atom. The average molecular weight is 233 g/mol. The standard InChI is InChI=1S/C9H11N7O/c1-3-4-17-9-14-7(10-2)13-8(15-9)16-6-11-5-12-16/h3,5-6H,1,4H2,2H3,(H,10,13,14,15). The second-order valence-electron chi connectivity index (χ2n) is 2.93. The average Bonchev–Trinajstić information content (AvgIpc) is 2.89. The Morgan fingerprint density at radius 1 is 1.47 bits per heavy atom. The molecular formula is C9H11N7O. The van der Waals surface area contributed by atoms with E-state index in [2.05, 4.69) is 36.9 Å². The Kier molecular flexibility index (Phi) is 3.24. The number of rotatable bonds is 5. The Labute approximate surface area is 97.4 Å². The van der Waals surface area contributed by atoms with Crippen molar-refractivity contribution in [2.24, 2.45) is 0 Å². The highest BCUT2D eigenvalue weighted by Crippen LogP contribution is 2.09. The molecule has 1 N–H and O–H groups in total. The predicted molar refractivity (Wildman–Crippen MR) is 60.0 cm³/mol. The third-order valence-electron chi connectivity index (χ3n) is 1.78. The molecule has 2 rings (SSSR count). The molecule has 0 saturated heterocycles. The number of ether oxygens (including phenoxy) is 1. The lowest BCUT2D eigenvalue weighted by Crippen LogP contribution is -2.09. The maximum Gasteiger partial charge on any atom is 0.323 e. The second-order valence-corrected chi connectivity index (χ2v) is 2.93. The summed E-state index contributed by atoms with van der Waals surface area (Å²) < 4.78 is 6.67. The summed E-state index contributed by atoms with van der Waals surface area (Å²) >= 11 is 0. The van der Waals surface area contributed by atoms with Crippen LogP contribution in [0.1, 0.15) is 0 Å². The van der Waals surface area contributed by atoms with Crippen LogP contribution >= 0.6 is 0 Å².